The van der Waals surface area contributed by atoms with Crippen LogP contribution < -0.4 is 9.47 Å². The predicted octanol–water partition coefficient (Wildman–Crippen LogP) is 4.05. The maximum Gasteiger partial charge on any atom is 0.511 e. The Hall–Kier alpha value is -1.91. The first-order chi connectivity index (χ1) is 9.39. The van der Waals surface area contributed by atoms with Crippen LogP contribution in [-0.4, -0.2) is 23.5 Å². The van der Waals surface area contributed by atoms with Crippen LogP contribution in [0.3, 0.4) is 0 Å². The van der Waals surface area contributed by atoms with Crippen LogP contribution >= 0.6 is 0 Å². The molecular formula is C16H24O5. The van der Waals surface area contributed by atoms with Crippen molar-refractivity contribution in [2.45, 2.75) is 52.4 Å². The van der Waals surface area contributed by atoms with E-state index in [9.17, 15) is 9.90 Å². The van der Waals surface area contributed by atoms with Crippen LogP contribution in [0.2, 0.25) is 0 Å². The third-order valence-corrected chi connectivity index (χ3v) is 3.19. The number of methoxy groups -OCH3 is 1. The van der Waals surface area contributed by atoms with Crippen molar-refractivity contribution in [2.75, 3.05) is 7.11 Å². The summed E-state index contributed by atoms with van der Waals surface area (Å²) >= 11 is 0. The summed E-state index contributed by atoms with van der Waals surface area (Å²) in [6, 6.07) is 1.73. The molecule has 0 unspecified atom stereocenters. The van der Waals surface area contributed by atoms with Crippen LogP contribution in [0.15, 0.2) is 6.07 Å². The average Bonchev–Trinajstić information content (AvgIpc) is 2.27. The first-order valence-corrected chi connectivity index (χ1v) is 6.75. The molecule has 0 aliphatic heterocycles. The van der Waals surface area contributed by atoms with E-state index in [4.69, 9.17) is 14.6 Å². The monoisotopic (exact) mass is 296 g/mol. The number of hydrogen-bond donors (Lipinski definition) is 2. The van der Waals surface area contributed by atoms with Crippen LogP contribution in [0.4, 0.5) is 4.79 Å². The summed E-state index contributed by atoms with van der Waals surface area (Å²) in [7, 11) is 1.52. The lowest BCUT2D eigenvalue weighted by molar-refractivity contribution is 0.141. The molecule has 0 spiro atoms. The van der Waals surface area contributed by atoms with Gasteiger partial charge >= 0.3 is 6.16 Å². The first-order valence-electron chi connectivity index (χ1n) is 6.75. The van der Waals surface area contributed by atoms with Gasteiger partial charge in [-0.1, -0.05) is 41.5 Å². The van der Waals surface area contributed by atoms with Gasteiger partial charge in [0.25, 0.3) is 0 Å². The van der Waals surface area contributed by atoms with E-state index in [1.807, 2.05) is 41.5 Å². The van der Waals surface area contributed by atoms with E-state index < -0.39 is 17.0 Å². The van der Waals surface area contributed by atoms with Crippen LogP contribution in [0.5, 0.6) is 17.2 Å². The van der Waals surface area contributed by atoms with Crippen molar-refractivity contribution in [1.82, 2.24) is 0 Å². The molecule has 5 heteroatoms. The average molecular weight is 296 g/mol. The molecule has 2 N–H and O–H groups in total. The van der Waals surface area contributed by atoms with Gasteiger partial charge in [0.1, 0.15) is 5.75 Å². The van der Waals surface area contributed by atoms with E-state index in [1.54, 1.807) is 6.07 Å². The second-order valence-corrected chi connectivity index (χ2v) is 7.05. The zero-order valence-electron chi connectivity index (χ0n) is 13.7. The second-order valence-electron chi connectivity index (χ2n) is 7.05. The quantitative estimate of drug-likeness (QED) is 0.636. The number of ether oxygens (including phenoxy) is 2. The van der Waals surface area contributed by atoms with E-state index in [0.29, 0.717) is 16.9 Å². The van der Waals surface area contributed by atoms with Crippen molar-refractivity contribution in [1.29, 1.82) is 0 Å². The largest absolute Gasteiger partial charge is 0.511 e. The smallest absolute Gasteiger partial charge is 0.504 e. The summed E-state index contributed by atoms with van der Waals surface area (Å²) in [5.41, 5.74) is 0.260. The molecule has 0 radical (unpaired) electrons. The summed E-state index contributed by atoms with van der Waals surface area (Å²) in [5, 5.41) is 19.5. The van der Waals surface area contributed by atoms with Gasteiger partial charge in [-0.2, -0.15) is 0 Å². The highest BCUT2D eigenvalue weighted by atomic mass is 16.7. The number of benzene rings is 1. The van der Waals surface area contributed by atoms with Crippen LogP contribution in [0.1, 0.15) is 52.7 Å². The molecule has 0 saturated carbocycles. The van der Waals surface area contributed by atoms with E-state index in [1.165, 1.54) is 7.11 Å². The summed E-state index contributed by atoms with van der Waals surface area (Å²) in [6.07, 6.45) is -1.46. The lowest BCUT2D eigenvalue weighted by Crippen LogP contribution is -2.19. The minimum Gasteiger partial charge on any atom is -0.504 e. The summed E-state index contributed by atoms with van der Waals surface area (Å²) in [5.74, 6) is 0.303. The molecule has 0 aliphatic rings. The molecule has 0 amide bonds. The number of carboxylic acid groups (broad SMARTS) is 1. The Kier molecular flexibility index (Phi) is 4.46. The lowest BCUT2D eigenvalue weighted by atomic mass is 9.80. The molecule has 0 aliphatic carbocycles. The van der Waals surface area contributed by atoms with Crippen LogP contribution in [0, 0.1) is 0 Å². The van der Waals surface area contributed by atoms with Gasteiger partial charge in [0, 0.05) is 11.1 Å². The van der Waals surface area contributed by atoms with Gasteiger partial charge in [0.2, 0.25) is 0 Å². The number of phenolic OH excluding ortho intramolecular Hbond substituents is 1. The van der Waals surface area contributed by atoms with E-state index >= 15 is 0 Å². The van der Waals surface area contributed by atoms with Gasteiger partial charge in [-0.3, -0.25) is 0 Å². The highest BCUT2D eigenvalue weighted by molar-refractivity contribution is 5.69. The first kappa shape index (κ1) is 17.1. The van der Waals surface area contributed by atoms with Crippen molar-refractivity contribution >= 4 is 6.16 Å². The highest BCUT2D eigenvalue weighted by Gasteiger charge is 2.32. The number of carbonyl (C=O) groups is 1. The third kappa shape index (κ3) is 3.60. The second kappa shape index (κ2) is 5.47. The molecule has 1 aromatic rings. The third-order valence-electron chi connectivity index (χ3n) is 3.19. The fourth-order valence-electron chi connectivity index (χ4n) is 2.26. The number of aromatic hydroxyl groups is 1. The molecule has 0 bridgehead atoms. The van der Waals surface area contributed by atoms with Gasteiger partial charge < -0.3 is 19.7 Å². The Labute approximate surface area is 125 Å². The van der Waals surface area contributed by atoms with E-state index in [-0.39, 0.29) is 11.5 Å². The highest BCUT2D eigenvalue weighted by Crippen LogP contribution is 2.49. The molecule has 5 nitrogen and oxygen atoms in total. The van der Waals surface area contributed by atoms with Gasteiger partial charge in [0.05, 0.1) is 7.11 Å². The molecule has 118 valence electrons. The molecule has 1 rings (SSSR count). The van der Waals surface area contributed by atoms with Gasteiger partial charge in [-0.15, -0.1) is 0 Å². The van der Waals surface area contributed by atoms with Crippen LogP contribution in [-0.2, 0) is 10.8 Å². The summed E-state index contributed by atoms with van der Waals surface area (Å²) < 4.78 is 10.2. The van der Waals surface area contributed by atoms with E-state index in [2.05, 4.69) is 0 Å². The summed E-state index contributed by atoms with van der Waals surface area (Å²) in [6.45, 7) is 11.5. The fraction of sp³-hybridized carbons (Fsp3) is 0.562. The van der Waals surface area contributed by atoms with Crippen molar-refractivity contribution in [3.63, 3.8) is 0 Å². The van der Waals surface area contributed by atoms with Crippen LogP contribution in [0.25, 0.3) is 0 Å². The Balaban J connectivity index is 3.77. The Morgan fingerprint density at radius 2 is 1.62 bits per heavy atom. The lowest BCUT2D eigenvalue weighted by Gasteiger charge is -2.29. The summed E-state index contributed by atoms with van der Waals surface area (Å²) in [4.78, 5) is 11.0. The minimum absolute atomic E-state index is 0.0271. The fourth-order valence-corrected chi connectivity index (χ4v) is 2.26. The molecular weight excluding hydrogens is 272 g/mol. The Morgan fingerprint density at radius 1 is 1.10 bits per heavy atom. The molecule has 0 saturated heterocycles. The molecule has 0 atom stereocenters. The minimum atomic E-state index is -1.46. The molecule has 0 fully saturated rings. The van der Waals surface area contributed by atoms with Crippen molar-refractivity contribution < 1.29 is 24.5 Å². The molecule has 0 aromatic heterocycles. The SMILES string of the molecule is COc1cc(C(C)(C)C)c(OC(=O)O)c(O)c1C(C)(C)C. The van der Waals surface area contributed by atoms with Crippen molar-refractivity contribution in [2.24, 2.45) is 0 Å². The Bertz CT molecular complexity index is 547. The maximum atomic E-state index is 11.0. The molecule has 0 heterocycles. The maximum absolute atomic E-state index is 11.0. The standard InChI is InChI=1S/C16H24O5/c1-15(2,3)9-8-10(20-7)11(16(4,5)6)12(17)13(9)21-14(18)19/h8,17H,1-7H3,(H,18,19). The molecule has 1 aromatic carbocycles. The Morgan fingerprint density at radius 3 is 1.95 bits per heavy atom. The number of hydrogen-bond acceptors (Lipinski definition) is 4. The van der Waals surface area contributed by atoms with Gasteiger partial charge in [-0.05, 0) is 16.9 Å². The van der Waals surface area contributed by atoms with Gasteiger partial charge in [0.15, 0.2) is 11.5 Å². The van der Waals surface area contributed by atoms with E-state index in [0.717, 1.165) is 0 Å². The molecule has 21 heavy (non-hydrogen) atoms. The number of rotatable bonds is 2. The topological polar surface area (TPSA) is 76.0 Å². The zero-order valence-corrected chi connectivity index (χ0v) is 13.7. The zero-order chi connectivity index (χ0) is 16.6. The normalized spacial score (nSPS) is 12.1. The number of phenols is 1. The predicted molar refractivity (Wildman–Crippen MR) is 80.7 cm³/mol. The van der Waals surface area contributed by atoms with Gasteiger partial charge in [-0.25, -0.2) is 4.79 Å². The van der Waals surface area contributed by atoms with Crippen molar-refractivity contribution in [3.8, 4) is 17.2 Å². The van der Waals surface area contributed by atoms with Crippen molar-refractivity contribution in [3.05, 3.63) is 17.2 Å².